The fraction of sp³-hybridized carbons (Fsp3) is 0.250. The average molecular weight is 217 g/mol. The quantitative estimate of drug-likeness (QED) is 0.813. The molecule has 0 aliphatic rings. The van der Waals surface area contributed by atoms with Crippen LogP contribution in [0.2, 0.25) is 0 Å². The molecule has 3 N–H and O–H groups in total. The number of nitrogens with two attached hydrogens (primary N) is 1. The zero-order valence-corrected chi connectivity index (χ0v) is 9.12. The molecule has 4 heteroatoms. The molecule has 0 fully saturated rings. The lowest BCUT2D eigenvalue weighted by Gasteiger charge is -2.16. The van der Waals surface area contributed by atoms with Gasteiger partial charge in [-0.25, -0.2) is 4.68 Å². The van der Waals surface area contributed by atoms with E-state index < -0.39 is 12.1 Å². The molecule has 0 spiro atoms. The van der Waals surface area contributed by atoms with E-state index >= 15 is 0 Å². The molecular formula is C12H15N3O. The molecule has 0 saturated carbocycles. The van der Waals surface area contributed by atoms with E-state index in [4.69, 9.17) is 5.73 Å². The van der Waals surface area contributed by atoms with Crippen molar-refractivity contribution in [3.05, 3.63) is 48.3 Å². The Balaban J connectivity index is 2.40. The first kappa shape index (κ1) is 10.9. The Kier molecular flexibility index (Phi) is 3.03. The standard InChI is InChI=1S/C12H15N3O/c1-9(16)12(13)11-7-8-14-15(11)10-5-3-2-4-6-10/h2-9,12,16H,13H2,1H3/t9-,12+/m1/s1. The van der Waals surface area contributed by atoms with Gasteiger partial charge in [-0.05, 0) is 25.1 Å². The number of aliphatic hydroxyl groups excluding tert-OH is 1. The van der Waals surface area contributed by atoms with Gasteiger partial charge in [-0.15, -0.1) is 0 Å². The summed E-state index contributed by atoms with van der Waals surface area (Å²) in [4.78, 5) is 0. The third-order valence-electron chi connectivity index (χ3n) is 2.53. The van der Waals surface area contributed by atoms with Crippen molar-refractivity contribution in [2.24, 2.45) is 5.73 Å². The minimum absolute atomic E-state index is 0.428. The van der Waals surface area contributed by atoms with Gasteiger partial charge in [0.2, 0.25) is 0 Å². The van der Waals surface area contributed by atoms with Gasteiger partial charge in [0.15, 0.2) is 0 Å². The van der Waals surface area contributed by atoms with Crippen LogP contribution < -0.4 is 5.73 Å². The van der Waals surface area contributed by atoms with Crippen LogP contribution in [0.3, 0.4) is 0 Å². The highest BCUT2D eigenvalue weighted by Gasteiger charge is 2.17. The van der Waals surface area contributed by atoms with Crippen molar-refractivity contribution in [2.45, 2.75) is 19.1 Å². The van der Waals surface area contributed by atoms with Gasteiger partial charge in [0.1, 0.15) is 0 Å². The van der Waals surface area contributed by atoms with Crippen LogP contribution in [0.4, 0.5) is 0 Å². The number of nitrogens with zero attached hydrogens (tertiary/aromatic N) is 2. The fourth-order valence-corrected chi connectivity index (χ4v) is 1.60. The zero-order valence-electron chi connectivity index (χ0n) is 9.12. The lowest BCUT2D eigenvalue weighted by atomic mass is 10.1. The van der Waals surface area contributed by atoms with E-state index in [1.165, 1.54) is 0 Å². The molecule has 0 radical (unpaired) electrons. The number of aromatic nitrogens is 2. The molecular weight excluding hydrogens is 202 g/mol. The Morgan fingerprint density at radius 3 is 2.56 bits per heavy atom. The van der Waals surface area contributed by atoms with Crippen molar-refractivity contribution < 1.29 is 5.11 Å². The molecule has 0 amide bonds. The third-order valence-corrected chi connectivity index (χ3v) is 2.53. The van der Waals surface area contributed by atoms with Crippen LogP contribution >= 0.6 is 0 Å². The molecule has 4 nitrogen and oxygen atoms in total. The summed E-state index contributed by atoms with van der Waals surface area (Å²) < 4.78 is 1.75. The van der Waals surface area contributed by atoms with Crippen LogP contribution in [-0.4, -0.2) is 21.0 Å². The molecule has 0 aliphatic carbocycles. The summed E-state index contributed by atoms with van der Waals surface area (Å²) in [6, 6.07) is 11.1. The van der Waals surface area contributed by atoms with Crippen LogP contribution in [0.5, 0.6) is 0 Å². The summed E-state index contributed by atoms with van der Waals surface area (Å²) in [5, 5.41) is 13.7. The van der Waals surface area contributed by atoms with E-state index in [2.05, 4.69) is 5.10 Å². The van der Waals surface area contributed by atoms with Crippen LogP contribution in [0, 0.1) is 0 Å². The van der Waals surface area contributed by atoms with Gasteiger partial charge in [0, 0.05) is 6.20 Å². The van der Waals surface area contributed by atoms with Gasteiger partial charge in [-0.1, -0.05) is 18.2 Å². The fourth-order valence-electron chi connectivity index (χ4n) is 1.60. The summed E-state index contributed by atoms with van der Waals surface area (Å²) in [6.07, 6.45) is 1.09. The maximum absolute atomic E-state index is 9.50. The topological polar surface area (TPSA) is 64.1 Å². The average Bonchev–Trinajstić information content (AvgIpc) is 2.77. The Hall–Kier alpha value is -1.65. The smallest absolute Gasteiger partial charge is 0.0732 e. The minimum Gasteiger partial charge on any atom is -0.391 e. The van der Waals surface area contributed by atoms with E-state index in [9.17, 15) is 5.11 Å². The first-order valence-corrected chi connectivity index (χ1v) is 5.23. The number of rotatable bonds is 3. The zero-order chi connectivity index (χ0) is 11.5. The normalized spacial score (nSPS) is 14.7. The Morgan fingerprint density at radius 1 is 1.25 bits per heavy atom. The van der Waals surface area contributed by atoms with Crippen molar-refractivity contribution >= 4 is 0 Å². The molecule has 1 aromatic heterocycles. The van der Waals surface area contributed by atoms with Crippen molar-refractivity contribution in [2.75, 3.05) is 0 Å². The van der Waals surface area contributed by atoms with Crippen molar-refractivity contribution in [3.8, 4) is 5.69 Å². The highest BCUT2D eigenvalue weighted by Crippen LogP contribution is 2.17. The van der Waals surface area contributed by atoms with E-state index in [1.807, 2.05) is 36.4 Å². The summed E-state index contributed by atoms with van der Waals surface area (Å²) >= 11 is 0. The number of aliphatic hydroxyl groups is 1. The predicted octanol–water partition coefficient (Wildman–Crippen LogP) is 1.25. The molecule has 0 saturated heterocycles. The van der Waals surface area contributed by atoms with Gasteiger partial charge in [0.05, 0.1) is 23.5 Å². The van der Waals surface area contributed by atoms with Gasteiger partial charge in [-0.2, -0.15) is 5.10 Å². The minimum atomic E-state index is -0.598. The number of benzene rings is 1. The molecule has 0 bridgehead atoms. The summed E-state index contributed by atoms with van der Waals surface area (Å²) in [7, 11) is 0. The van der Waals surface area contributed by atoms with E-state index in [0.29, 0.717) is 0 Å². The maximum Gasteiger partial charge on any atom is 0.0732 e. The van der Waals surface area contributed by atoms with Gasteiger partial charge >= 0.3 is 0 Å². The molecule has 0 aliphatic heterocycles. The maximum atomic E-state index is 9.50. The van der Waals surface area contributed by atoms with Gasteiger partial charge in [0.25, 0.3) is 0 Å². The van der Waals surface area contributed by atoms with Crippen LogP contribution in [0.25, 0.3) is 5.69 Å². The Morgan fingerprint density at radius 2 is 1.94 bits per heavy atom. The molecule has 1 aromatic carbocycles. The highest BCUT2D eigenvalue weighted by atomic mass is 16.3. The lowest BCUT2D eigenvalue weighted by Crippen LogP contribution is -2.25. The van der Waals surface area contributed by atoms with Crippen molar-refractivity contribution in [1.29, 1.82) is 0 Å². The second-order valence-electron chi connectivity index (χ2n) is 3.77. The van der Waals surface area contributed by atoms with Crippen LogP contribution in [-0.2, 0) is 0 Å². The third kappa shape index (κ3) is 1.98. The molecule has 2 rings (SSSR count). The summed E-state index contributed by atoms with van der Waals surface area (Å²) in [5.74, 6) is 0. The first-order valence-electron chi connectivity index (χ1n) is 5.23. The van der Waals surface area contributed by atoms with Crippen molar-refractivity contribution in [1.82, 2.24) is 9.78 Å². The van der Waals surface area contributed by atoms with Gasteiger partial charge in [-0.3, -0.25) is 0 Å². The highest BCUT2D eigenvalue weighted by molar-refractivity contribution is 5.33. The molecule has 0 unspecified atom stereocenters. The van der Waals surface area contributed by atoms with E-state index in [0.717, 1.165) is 11.4 Å². The first-order chi connectivity index (χ1) is 7.70. The molecule has 16 heavy (non-hydrogen) atoms. The summed E-state index contributed by atoms with van der Waals surface area (Å²) in [6.45, 7) is 1.67. The SMILES string of the molecule is C[C@@H](O)[C@H](N)c1ccnn1-c1ccccc1. The number of para-hydroxylation sites is 1. The number of hydrogen-bond acceptors (Lipinski definition) is 3. The van der Waals surface area contributed by atoms with Crippen LogP contribution in [0.15, 0.2) is 42.6 Å². The Bertz CT molecular complexity index is 450. The molecule has 2 aromatic rings. The van der Waals surface area contributed by atoms with E-state index in [-0.39, 0.29) is 0 Å². The Labute approximate surface area is 94.3 Å². The molecule has 84 valence electrons. The summed E-state index contributed by atoms with van der Waals surface area (Å²) in [5.41, 5.74) is 7.66. The second kappa shape index (κ2) is 4.47. The molecule has 1 heterocycles. The number of hydrogen-bond donors (Lipinski definition) is 2. The second-order valence-corrected chi connectivity index (χ2v) is 3.77. The largest absolute Gasteiger partial charge is 0.391 e. The lowest BCUT2D eigenvalue weighted by molar-refractivity contribution is 0.161. The molecule has 2 atom stereocenters. The van der Waals surface area contributed by atoms with E-state index in [1.54, 1.807) is 17.8 Å². The monoisotopic (exact) mass is 217 g/mol. The van der Waals surface area contributed by atoms with Gasteiger partial charge < -0.3 is 10.8 Å². The van der Waals surface area contributed by atoms with Crippen molar-refractivity contribution in [3.63, 3.8) is 0 Å². The van der Waals surface area contributed by atoms with Crippen LogP contribution in [0.1, 0.15) is 18.7 Å². The predicted molar refractivity (Wildman–Crippen MR) is 62.2 cm³/mol.